The Morgan fingerprint density at radius 3 is 2.47 bits per heavy atom. The van der Waals surface area contributed by atoms with Crippen molar-refractivity contribution in [2.24, 2.45) is 0 Å². The topological polar surface area (TPSA) is 64.3 Å². The molecule has 4 rings (SSSR count). The molecule has 3 aromatic carbocycles. The lowest BCUT2D eigenvalue weighted by molar-refractivity contribution is -0.139. The van der Waals surface area contributed by atoms with Crippen LogP contribution in [0.15, 0.2) is 78.9 Å². The molecular formula is C25H20F2N2O3. The highest BCUT2D eigenvalue weighted by Crippen LogP contribution is 2.33. The van der Waals surface area contributed by atoms with E-state index in [1.165, 1.54) is 24.3 Å². The predicted molar refractivity (Wildman–Crippen MR) is 116 cm³/mol. The number of carboxylic acids is 1. The Hall–Kier alpha value is -4.00. The minimum atomic E-state index is -1.17. The van der Waals surface area contributed by atoms with Gasteiger partial charge in [0.2, 0.25) is 0 Å². The number of hydrogen-bond donors (Lipinski definition) is 1. The first kappa shape index (κ1) is 21.2. The maximum absolute atomic E-state index is 13.9. The van der Waals surface area contributed by atoms with Crippen LogP contribution in [0.25, 0.3) is 22.5 Å². The summed E-state index contributed by atoms with van der Waals surface area (Å²) < 4.78 is 34.8. The van der Waals surface area contributed by atoms with Gasteiger partial charge in [-0.25, -0.2) is 13.6 Å². The highest BCUT2D eigenvalue weighted by molar-refractivity contribution is 5.74. The predicted octanol–water partition coefficient (Wildman–Crippen LogP) is 5.20. The Bertz CT molecular complexity index is 1240. The van der Waals surface area contributed by atoms with Gasteiger partial charge >= 0.3 is 5.97 Å². The van der Waals surface area contributed by atoms with Gasteiger partial charge in [-0.3, -0.25) is 4.68 Å². The SMILES string of the molecule is O=C(O)COc1cc(F)ccc1-c1cc(-c2cccc(F)c2)n(CCc2ccccc2)n1. The summed E-state index contributed by atoms with van der Waals surface area (Å²) in [5.41, 5.74) is 3.37. The van der Waals surface area contributed by atoms with E-state index in [1.54, 1.807) is 22.9 Å². The Morgan fingerprint density at radius 2 is 1.72 bits per heavy atom. The molecule has 4 aromatic rings. The zero-order valence-electron chi connectivity index (χ0n) is 17.0. The molecule has 1 heterocycles. The van der Waals surface area contributed by atoms with Gasteiger partial charge in [0.1, 0.15) is 17.4 Å². The van der Waals surface area contributed by atoms with Crippen molar-refractivity contribution in [3.05, 3.63) is 96.1 Å². The number of carboxylic acid groups (broad SMARTS) is 1. The van der Waals surface area contributed by atoms with Gasteiger partial charge in [-0.2, -0.15) is 5.10 Å². The highest BCUT2D eigenvalue weighted by Gasteiger charge is 2.17. The van der Waals surface area contributed by atoms with Gasteiger partial charge in [0.25, 0.3) is 0 Å². The molecule has 0 aliphatic carbocycles. The van der Waals surface area contributed by atoms with E-state index in [-0.39, 0.29) is 11.6 Å². The minimum absolute atomic E-state index is 0.0749. The van der Waals surface area contributed by atoms with E-state index in [1.807, 2.05) is 30.3 Å². The molecule has 0 aliphatic rings. The van der Waals surface area contributed by atoms with Crippen molar-refractivity contribution in [2.45, 2.75) is 13.0 Å². The van der Waals surface area contributed by atoms with Crippen LogP contribution < -0.4 is 4.74 Å². The van der Waals surface area contributed by atoms with Crippen molar-refractivity contribution < 1.29 is 23.4 Å². The molecule has 162 valence electrons. The van der Waals surface area contributed by atoms with Crippen molar-refractivity contribution in [1.82, 2.24) is 9.78 Å². The molecule has 0 fully saturated rings. The van der Waals surface area contributed by atoms with E-state index in [2.05, 4.69) is 5.10 Å². The molecule has 0 aliphatic heterocycles. The van der Waals surface area contributed by atoms with Crippen LogP contribution in [0.3, 0.4) is 0 Å². The van der Waals surface area contributed by atoms with E-state index in [0.29, 0.717) is 35.5 Å². The molecular weight excluding hydrogens is 414 g/mol. The van der Waals surface area contributed by atoms with Gasteiger partial charge in [0, 0.05) is 23.7 Å². The summed E-state index contributed by atoms with van der Waals surface area (Å²) in [7, 11) is 0. The van der Waals surface area contributed by atoms with E-state index in [9.17, 15) is 13.6 Å². The number of nitrogens with zero attached hydrogens (tertiary/aromatic N) is 2. The third kappa shape index (κ3) is 5.00. The normalized spacial score (nSPS) is 10.8. The van der Waals surface area contributed by atoms with E-state index < -0.39 is 18.4 Å². The number of hydrogen-bond acceptors (Lipinski definition) is 3. The first-order valence-corrected chi connectivity index (χ1v) is 10.0. The molecule has 0 amide bonds. The Kier molecular flexibility index (Phi) is 6.26. The zero-order chi connectivity index (χ0) is 22.5. The summed E-state index contributed by atoms with van der Waals surface area (Å²) >= 11 is 0. The number of aryl methyl sites for hydroxylation is 2. The average Bonchev–Trinajstić information content (AvgIpc) is 3.21. The second-order valence-electron chi connectivity index (χ2n) is 7.21. The summed E-state index contributed by atoms with van der Waals surface area (Å²) in [4.78, 5) is 10.9. The third-order valence-electron chi connectivity index (χ3n) is 4.93. The number of ether oxygens (including phenoxy) is 1. The smallest absolute Gasteiger partial charge is 0.341 e. The molecule has 1 N–H and O–H groups in total. The zero-order valence-corrected chi connectivity index (χ0v) is 17.0. The molecule has 0 saturated carbocycles. The van der Waals surface area contributed by atoms with E-state index >= 15 is 0 Å². The third-order valence-corrected chi connectivity index (χ3v) is 4.93. The lowest BCUT2D eigenvalue weighted by Crippen LogP contribution is -2.10. The maximum atomic E-state index is 13.9. The lowest BCUT2D eigenvalue weighted by Gasteiger charge is -2.09. The average molecular weight is 434 g/mol. The van der Waals surface area contributed by atoms with Crippen LogP contribution in [-0.4, -0.2) is 27.5 Å². The number of carbonyl (C=O) groups is 1. The Balaban J connectivity index is 1.74. The molecule has 0 atom stereocenters. The minimum Gasteiger partial charge on any atom is -0.481 e. The molecule has 1 aromatic heterocycles. The second-order valence-corrected chi connectivity index (χ2v) is 7.21. The van der Waals surface area contributed by atoms with Gasteiger partial charge in [0.15, 0.2) is 6.61 Å². The largest absolute Gasteiger partial charge is 0.481 e. The van der Waals surface area contributed by atoms with Crippen LogP contribution in [0.1, 0.15) is 5.56 Å². The number of benzene rings is 3. The van der Waals surface area contributed by atoms with Crippen molar-refractivity contribution in [2.75, 3.05) is 6.61 Å². The van der Waals surface area contributed by atoms with Crippen LogP contribution in [0.2, 0.25) is 0 Å². The standard InChI is InChI=1S/C25H20F2N2O3/c26-19-8-4-7-18(13-19)23-15-22(28-29(23)12-11-17-5-2-1-3-6-17)21-10-9-20(27)14-24(21)32-16-25(30)31/h1-10,13-15H,11-12,16H2,(H,30,31). The first-order valence-electron chi connectivity index (χ1n) is 10.0. The van der Waals surface area contributed by atoms with Crippen LogP contribution in [-0.2, 0) is 17.8 Å². The fourth-order valence-electron chi connectivity index (χ4n) is 3.45. The van der Waals surface area contributed by atoms with Crippen LogP contribution >= 0.6 is 0 Å². The van der Waals surface area contributed by atoms with Crippen molar-refractivity contribution >= 4 is 5.97 Å². The van der Waals surface area contributed by atoms with Crippen molar-refractivity contribution in [3.63, 3.8) is 0 Å². The van der Waals surface area contributed by atoms with Crippen molar-refractivity contribution in [1.29, 1.82) is 0 Å². The molecule has 0 saturated heterocycles. The summed E-state index contributed by atoms with van der Waals surface area (Å²) in [6.07, 6.45) is 0.704. The van der Waals surface area contributed by atoms with E-state index in [4.69, 9.17) is 9.84 Å². The van der Waals surface area contributed by atoms with Crippen LogP contribution in [0.5, 0.6) is 5.75 Å². The van der Waals surface area contributed by atoms with Crippen LogP contribution in [0, 0.1) is 11.6 Å². The van der Waals surface area contributed by atoms with Gasteiger partial charge < -0.3 is 9.84 Å². The molecule has 0 radical (unpaired) electrons. The van der Waals surface area contributed by atoms with Gasteiger partial charge in [-0.1, -0.05) is 42.5 Å². The Labute approximate surface area is 183 Å². The highest BCUT2D eigenvalue weighted by atomic mass is 19.1. The molecule has 7 heteroatoms. The van der Waals surface area contributed by atoms with E-state index in [0.717, 1.165) is 11.6 Å². The Morgan fingerprint density at radius 1 is 0.938 bits per heavy atom. The molecule has 0 unspecified atom stereocenters. The summed E-state index contributed by atoms with van der Waals surface area (Å²) in [6, 6.07) is 21.7. The molecule has 32 heavy (non-hydrogen) atoms. The number of halogens is 2. The fourth-order valence-corrected chi connectivity index (χ4v) is 3.45. The maximum Gasteiger partial charge on any atom is 0.341 e. The van der Waals surface area contributed by atoms with Crippen molar-refractivity contribution in [3.8, 4) is 28.3 Å². The summed E-state index contributed by atoms with van der Waals surface area (Å²) in [6.45, 7) is -0.0791. The molecule has 5 nitrogen and oxygen atoms in total. The lowest BCUT2D eigenvalue weighted by atomic mass is 10.1. The monoisotopic (exact) mass is 434 g/mol. The number of rotatable bonds is 8. The van der Waals surface area contributed by atoms with Crippen LogP contribution in [0.4, 0.5) is 8.78 Å². The summed E-state index contributed by atoms with van der Waals surface area (Å²) in [5.74, 6) is -2.02. The second kappa shape index (κ2) is 9.43. The number of aliphatic carboxylic acids is 1. The summed E-state index contributed by atoms with van der Waals surface area (Å²) in [5, 5.41) is 13.6. The first-order chi connectivity index (χ1) is 15.5. The quantitative estimate of drug-likeness (QED) is 0.414. The van der Waals surface area contributed by atoms with Gasteiger partial charge in [0.05, 0.1) is 11.4 Å². The fraction of sp³-hybridized carbons (Fsp3) is 0.120. The van der Waals surface area contributed by atoms with Gasteiger partial charge in [-0.15, -0.1) is 0 Å². The van der Waals surface area contributed by atoms with Gasteiger partial charge in [-0.05, 0) is 42.3 Å². The number of aromatic nitrogens is 2. The molecule has 0 spiro atoms. The molecule has 0 bridgehead atoms.